The first kappa shape index (κ1) is 15.2. The molecule has 1 amide bonds. The quantitative estimate of drug-likeness (QED) is 0.736. The van der Waals surface area contributed by atoms with Gasteiger partial charge in [0, 0.05) is 24.7 Å². The minimum Gasteiger partial charge on any atom is -0.383 e. The van der Waals surface area contributed by atoms with E-state index < -0.39 is 17.2 Å². The van der Waals surface area contributed by atoms with E-state index in [1.165, 1.54) is 18.4 Å². The lowest BCUT2D eigenvalue weighted by Crippen LogP contribution is -2.41. The first-order valence-corrected chi connectivity index (χ1v) is 7.13. The molecule has 2 rings (SSSR count). The Balaban J connectivity index is 2.26. The molecule has 0 aliphatic carbocycles. The van der Waals surface area contributed by atoms with Crippen LogP contribution in [0.3, 0.4) is 0 Å². The maximum Gasteiger partial charge on any atom is 0.328 e. The van der Waals surface area contributed by atoms with Gasteiger partial charge in [-0.15, -0.1) is 11.3 Å². The molecule has 0 atom stereocenters. The van der Waals surface area contributed by atoms with E-state index in [1.54, 1.807) is 0 Å². The number of aromatic amines is 1. The van der Waals surface area contributed by atoms with E-state index in [-0.39, 0.29) is 12.1 Å². The highest BCUT2D eigenvalue weighted by molar-refractivity contribution is 7.09. The summed E-state index contributed by atoms with van der Waals surface area (Å²) in [7, 11) is 1.51. The topological polar surface area (TPSA) is 93.2 Å². The average Bonchev–Trinajstić information content (AvgIpc) is 2.96. The molecule has 0 fully saturated rings. The number of rotatable bonds is 6. The Morgan fingerprint density at radius 1 is 1.48 bits per heavy atom. The summed E-state index contributed by atoms with van der Waals surface area (Å²) in [4.78, 5) is 39.2. The van der Waals surface area contributed by atoms with E-state index in [9.17, 15) is 14.4 Å². The minimum absolute atomic E-state index is 0.0951. The van der Waals surface area contributed by atoms with Gasteiger partial charge in [0.1, 0.15) is 5.56 Å². The van der Waals surface area contributed by atoms with Gasteiger partial charge in [0.05, 0.1) is 13.2 Å². The molecular formula is C13H15N3O4S. The molecule has 0 unspecified atom stereocenters. The SMILES string of the molecule is COCCNC(=O)c1c[nH]c(=O)n(Cc2cccs2)c1=O. The van der Waals surface area contributed by atoms with Crippen LogP contribution in [-0.2, 0) is 11.3 Å². The van der Waals surface area contributed by atoms with Crippen molar-refractivity contribution in [1.29, 1.82) is 0 Å². The third-order valence-electron chi connectivity index (χ3n) is 2.79. The first-order valence-electron chi connectivity index (χ1n) is 6.25. The van der Waals surface area contributed by atoms with Crippen LogP contribution >= 0.6 is 11.3 Å². The smallest absolute Gasteiger partial charge is 0.328 e. The molecule has 0 bridgehead atoms. The molecular weight excluding hydrogens is 294 g/mol. The highest BCUT2D eigenvalue weighted by atomic mass is 32.1. The summed E-state index contributed by atoms with van der Waals surface area (Å²) in [5.74, 6) is -0.534. The zero-order valence-corrected chi connectivity index (χ0v) is 12.2. The van der Waals surface area contributed by atoms with Crippen LogP contribution in [0.25, 0.3) is 0 Å². The molecule has 0 radical (unpaired) electrons. The number of nitrogens with one attached hydrogen (secondary N) is 2. The van der Waals surface area contributed by atoms with Crippen molar-refractivity contribution in [3.8, 4) is 0 Å². The van der Waals surface area contributed by atoms with Crippen LogP contribution < -0.4 is 16.6 Å². The van der Waals surface area contributed by atoms with Crippen LogP contribution in [0.5, 0.6) is 0 Å². The zero-order valence-electron chi connectivity index (χ0n) is 11.4. The number of hydrogen-bond acceptors (Lipinski definition) is 5. The lowest BCUT2D eigenvalue weighted by molar-refractivity contribution is 0.0934. The maximum atomic E-state index is 12.2. The van der Waals surface area contributed by atoms with Gasteiger partial charge in [0.25, 0.3) is 11.5 Å². The molecule has 0 aliphatic heterocycles. The number of thiophene rings is 1. The summed E-state index contributed by atoms with van der Waals surface area (Å²) >= 11 is 1.44. The third kappa shape index (κ3) is 3.67. The van der Waals surface area contributed by atoms with E-state index in [0.29, 0.717) is 13.2 Å². The second-order valence-electron chi connectivity index (χ2n) is 4.23. The van der Waals surface area contributed by atoms with Crippen LogP contribution in [0.2, 0.25) is 0 Å². The number of ether oxygens (including phenoxy) is 1. The molecule has 0 saturated carbocycles. The summed E-state index contributed by atoms with van der Waals surface area (Å²) in [6.45, 7) is 0.780. The van der Waals surface area contributed by atoms with Crippen molar-refractivity contribution in [3.05, 3.63) is 55.0 Å². The predicted octanol–water partition coefficient (Wildman–Crippen LogP) is 0.0226. The van der Waals surface area contributed by atoms with Crippen LogP contribution in [0.15, 0.2) is 33.3 Å². The second-order valence-corrected chi connectivity index (χ2v) is 5.26. The molecule has 112 valence electrons. The van der Waals surface area contributed by atoms with Crippen molar-refractivity contribution in [3.63, 3.8) is 0 Å². The van der Waals surface area contributed by atoms with Crippen LogP contribution in [0.4, 0.5) is 0 Å². The number of hydrogen-bond donors (Lipinski definition) is 2. The Morgan fingerprint density at radius 3 is 2.95 bits per heavy atom. The summed E-state index contributed by atoms with van der Waals surface area (Å²) in [6.07, 6.45) is 1.14. The monoisotopic (exact) mass is 309 g/mol. The van der Waals surface area contributed by atoms with Gasteiger partial charge >= 0.3 is 5.69 Å². The molecule has 0 aromatic carbocycles. The second kappa shape index (κ2) is 7.00. The van der Waals surface area contributed by atoms with Crippen molar-refractivity contribution in [2.45, 2.75) is 6.54 Å². The molecule has 0 aliphatic rings. The van der Waals surface area contributed by atoms with Crippen molar-refractivity contribution < 1.29 is 9.53 Å². The standard InChI is InChI=1S/C13H15N3O4S/c1-20-5-4-14-11(17)10-7-15-13(19)16(12(10)18)8-9-3-2-6-21-9/h2-3,6-7H,4-5,8H2,1H3,(H,14,17)(H,15,19). The number of aromatic nitrogens is 2. The fraction of sp³-hybridized carbons (Fsp3) is 0.308. The first-order chi connectivity index (χ1) is 10.1. The fourth-order valence-electron chi connectivity index (χ4n) is 1.74. The highest BCUT2D eigenvalue weighted by Crippen LogP contribution is 2.08. The zero-order chi connectivity index (χ0) is 15.2. The molecule has 2 N–H and O–H groups in total. The maximum absolute atomic E-state index is 12.2. The number of nitrogens with zero attached hydrogens (tertiary/aromatic N) is 1. The normalized spacial score (nSPS) is 10.5. The lowest BCUT2D eigenvalue weighted by atomic mass is 10.3. The highest BCUT2D eigenvalue weighted by Gasteiger charge is 2.14. The van der Waals surface area contributed by atoms with Gasteiger partial charge < -0.3 is 15.0 Å². The van der Waals surface area contributed by atoms with Crippen molar-refractivity contribution in [2.24, 2.45) is 0 Å². The average molecular weight is 309 g/mol. The summed E-state index contributed by atoms with van der Waals surface area (Å²) in [6, 6.07) is 3.66. The summed E-state index contributed by atoms with van der Waals surface area (Å²) in [5, 5.41) is 4.41. The molecule has 8 heteroatoms. The summed E-state index contributed by atoms with van der Waals surface area (Å²) in [5.41, 5.74) is -1.24. The van der Waals surface area contributed by atoms with Gasteiger partial charge in [0.15, 0.2) is 0 Å². The molecule has 0 saturated heterocycles. The van der Waals surface area contributed by atoms with E-state index in [2.05, 4.69) is 10.3 Å². The number of carbonyl (C=O) groups excluding carboxylic acids is 1. The Hall–Kier alpha value is -2.19. The van der Waals surface area contributed by atoms with Gasteiger partial charge in [-0.1, -0.05) is 6.07 Å². The van der Waals surface area contributed by atoms with Gasteiger partial charge in [-0.25, -0.2) is 4.79 Å². The molecule has 0 spiro atoms. The Kier molecular flexibility index (Phi) is 5.07. The largest absolute Gasteiger partial charge is 0.383 e. The summed E-state index contributed by atoms with van der Waals surface area (Å²) < 4.78 is 5.83. The van der Waals surface area contributed by atoms with Gasteiger partial charge in [-0.2, -0.15) is 0 Å². The van der Waals surface area contributed by atoms with E-state index in [4.69, 9.17) is 4.74 Å². The van der Waals surface area contributed by atoms with Crippen molar-refractivity contribution >= 4 is 17.2 Å². The van der Waals surface area contributed by atoms with Crippen LogP contribution in [0, 0.1) is 0 Å². The van der Waals surface area contributed by atoms with E-state index >= 15 is 0 Å². The van der Waals surface area contributed by atoms with Crippen LogP contribution in [0.1, 0.15) is 15.2 Å². The van der Waals surface area contributed by atoms with E-state index in [0.717, 1.165) is 15.6 Å². The van der Waals surface area contributed by atoms with Gasteiger partial charge in [0.2, 0.25) is 0 Å². The van der Waals surface area contributed by atoms with Gasteiger partial charge in [-0.3, -0.25) is 14.2 Å². The number of amides is 1. The molecule has 21 heavy (non-hydrogen) atoms. The number of H-pyrrole nitrogens is 1. The molecule has 2 aromatic heterocycles. The Labute approximate surface area is 124 Å². The minimum atomic E-state index is -0.609. The molecule has 2 aromatic rings. The fourth-order valence-corrected chi connectivity index (χ4v) is 2.43. The van der Waals surface area contributed by atoms with Crippen molar-refractivity contribution in [2.75, 3.05) is 20.3 Å². The molecule has 7 nitrogen and oxygen atoms in total. The third-order valence-corrected chi connectivity index (χ3v) is 3.65. The Morgan fingerprint density at radius 2 is 2.29 bits per heavy atom. The van der Waals surface area contributed by atoms with Crippen LogP contribution in [-0.4, -0.2) is 35.7 Å². The molecule has 2 heterocycles. The van der Waals surface area contributed by atoms with Crippen molar-refractivity contribution in [1.82, 2.24) is 14.9 Å². The number of methoxy groups -OCH3 is 1. The van der Waals surface area contributed by atoms with Gasteiger partial charge in [-0.05, 0) is 11.4 Å². The lowest BCUT2D eigenvalue weighted by Gasteiger charge is -2.07. The number of carbonyl (C=O) groups is 1. The predicted molar refractivity (Wildman–Crippen MR) is 79.0 cm³/mol. The Bertz CT molecular complexity index is 718. The van der Waals surface area contributed by atoms with E-state index in [1.807, 2.05) is 17.5 Å².